The van der Waals surface area contributed by atoms with Crippen LogP contribution in [0.25, 0.3) is 0 Å². The monoisotopic (exact) mass is 356 g/mol. The SMILES string of the molecule is C=CCOc1ccc(CC(N)C(=O)C2NCc3ccccc32)c(Cl)c1. The molecule has 0 saturated carbocycles. The highest BCUT2D eigenvalue weighted by Gasteiger charge is 2.31. The van der Waals surface area contributed by atoms with E-state index in [0.717, 1.165) is 16.7 Å². The predicted octanol–water partition coefficient (Wildman–Crippen LogP) is 3.19. The lowest BCUT2D eigenvalue weighted by molar-refractivity contribution is -0.122. The molecule has 25 heavy (non-hydrogen) atoms. The number of benzene rings is 2. The second kappa shape index (κ2) is 7.83. The Bertz CT molecular complexity index is 791. The smallest absolute Gasteiger partial charge is 0.171 e. The number of ether oxygens (including phenoxy) is 1. The van der Waals surface area contributed by atoms with Crippen molar-refractivity contribution < 1.29 is 9.53 Å². The van der Waals surface area contributed by atoms with E-state index in [9.17, 15) is 4.79 Å². The normalized spacial score (nSPS) is 17.0. The minimum absolute atomic E-state index is 0.0204. The number of carbonyl (C=O) groups excluding carboxylic acids is 1. The van der Waals surface area contributed by atoms with Crippen LogP contribution in [0.3, 0.4) is 0 Å². The van der Waals surface area contributed by atoms with Crippen LogP contribution in [-0.4, -0.2) is 18.4 Å². The van der Waals surface area contributed by atoms with E-state index in [0.29, 0.717) is 30.3 Å². The molecule has 3 rings (SSSR count). The van der Waals surface area contributed by atoms with E-state index >= 15 is 0 Å². The molecule has 1 aliphatic heterocycles. The van der Waals surface area contributed by atoms with E-state index in [1.54, 1.807) is 12.1 Å². The third kappa shape index (κ3) is 3.93. The average Bonchev–Trinajstić information content (AvgIpc) is 3.05. The third-order valence-electron chi connectivity index (χ3n) is 4.34. The number of hydrogen-bond donors (Lipinski definition) is 2. The molecule has 0 spiro atoms. The third-order valence-corrected chi connectivity index (χ3v) is 4.70. The van der Waals surface area contributed by atoms with Crippen molar-refractivity contribution in [2.45, 2.75) is 25.0 Å². The number of nitrogens with two attached hydrogens (primary N) is 1. The highest BCUT2D eigenvalue weighted by atomic mass is 35.5. The second-order valence-corrected chi connectivity index (χ2v) is 6.49. The van der Waals surface area contributed by atoms with E-state index in [4.69, 9.17) is 22.1 Å². The Morgan fingerprint density at radius 1 is 1.40 bits per heavy atom. The van der Waals surface area contributed by atoms with Gasteiger partial charge in [0.2, 0.25) is 0 Å². The topological polar surface area (TPSA) is 64.3 Å². The van der Waals surface area contributed by atoms with Gasteiger partial charge < -0.3 is 10.5 Å². The molecular weight excluding hydrogens is 336 g/mol. The lowest BCUT2D eigenvalue weighted by Crippen LogP contribution is -2.39. The molecule has 5 heteroatoms. The molecule has 0 bridgehead atoms. The van der Waals surface area contributed by atoms with Crippen molar-refractivity contribution in [2.24, 2.45) is 5.73 Å². The first-order valence-electron chi connectivity index (χ1n) is 8.22. The minimum atomic E-state index is -0.624. The molecule has 3 N–H and O–H groups in total. The zero-order valence-corrected chi connectivity index (χ0v) is 14.6. The molecule has 2 aromatic rings. The maximum absolute atomic E-state index is 12.8. The molecule has 2 aromatic carbocycles. The summed E-state index contributed by atoms with van der Waals surface area (Å²) >= 11 is 6.31. The molecule has 0 amide bonds. The van der Waals surface area contributed by atoms with E-state index < -0.39 is 6.04 Å². The van der Waals surface area contributed by atoms with Crippen molar-refractivity contribution in [1.29, 1.82) is 0 Å². The minimum Gasteiger partial charge on any atom is -0.490 e. The van der Waals surface area contributed by atoms with Crippen molar-refractivity contribution in [3.8, 4) is 5.75 Å². The van der Waals surface area contributed by atoms with Crippen molar-refractivity contribution in [2.75, 3.05) is 6.61 Å². The number of rotatable bonds is 7. The summed E-state index contributed by atoms with van der Waals surface area (Å²) in [5.74, 6) is 0.646. The van der Waals surface area contributed by atoms with E-state index in [1.165, 1.54) is 0 Å². The summed E-state index contributed by atoms with van der Waals surface area (Å²) in [5, 5.41) is 3.79. The van der Waals surface area contributed by atoms with Crippen molar-refractivity contribution in [3.05, 3.63) is 76.8 Å². The number of Topliss-reactive ketones (excluding diaryl/α,β-unsaturated/α-hetero) is 1. The van der Waals surface area contributed by atoms with Gasteiger partial charge in [0.05, 0.1) is 12.1 Å². The molecule has 4 nitrogen and oxygen atoms in total. The van der Waals surface area contributed by atoms with Crippen LogP contribution in [0.5, 0.6) is 5.75 Å². The van der Waals surface area contributed by atoms with Gasteiger partial charge in [0.15, 0.2) is 5.78 Å². The lowest BCUT2D eigenvalue weighted by atomic mass is 9.94. The molecule has 0 saturated heterocycles. The van der Waals surface area contributed by atoms with Gasteiger partial charge in [-0.2, -0.15) is 0 Å². The van der Waals surface area contributed by atoms with Gasteiger partial charge in [0.25, 0.3) is 0 Å². The maximum atomic E-state index is 12.8. The first kappa shape index (κ1) is 17.7. The molecule has 2 unspecified atom stereocenters. The molecule has 0 fully saturated rings. The highest BCUT2D eigenvalue weighted by molar-refractivity contribution is 6.31. The summed E-state index contributed by atoms with van der Waals surface area (Å²) in [4.78, 5) is 12.8. The standard InChI is InChI=1S/C20H21ClN2O2/c1-2-9-25-15-8-7-13(17(21)11-15)10-18(22)20(24)19-16-6-4-3-5-14(16)12-23-19/h2-8,11,18-19,23H,1,9-10,12,22H2. The van der Waals surface area contributed by atoms with Gasteiger partial charge >= 0.3 is 0 Å². The summed E-state index contributed by atoms with van der Waals surface area (Å²) < 4.78 is 5.45. The summed E-state index contributed by atoms with van der Waals surface area (Å²) in [6, 6.07) is 12.4. The largest absolute Gasteiger partial charge is 0.490 e. The van der Waals surface area contributed by atoms with Gasteiger partial charge in [-0.1, -0.05) is 54.6 Å². The molecule has 1 aliphatic rings. The Labute approximate surface area is 152 Å². The second-order valence-electron chi connectivity index (χ2n) is 6.08. The van der Waals surface area contributed by atoms with Crippen LogP contribution in [0.15, 0.2) is 55.1 Å². The zero-order chi connectivity index (χ0) is 17.8. The van der Waals surface area contributed by atoms with Crippen LogP contribution in [0.2, 0.25) is 5.02 Å². The number of nitrogens with one attached hydrogen (secondary N) is 1. The molecule has 2 atom stereocenters. The number of carbonyl (C=O) groups is 1. The van der Waals surface area contributed by atoms with Gasteiger partial charge in [-0.05, 0) is 35.2 Å². The van der Waals surface area contributed by atoms with Crippen molar-refractivity contribution >= 4 is 17.4 Å². The Kier molecular flexibility index (Phi) is 5.53. The Morgan fingerprint density at radius 2 is 2.20 bits per heavy atom. The highest BCUT2D eigenvalue weighted by Crippen LogP contribution is 2.28. The molecule has 0 aromatic heterocycles. The molecular formula is C20H21ClN2O2. The number of ketones is 1. The van der Waals surface area contributed by atoms with E-state index in [1.807, 2.05) is 36.4 Å². The van der Waals surface area contributed by atoms with Crippen LogP contribution in [-0.2, 0) is 17.8 Å². The van der Waals surface area contributed by atoms with Crippen LogP contribution in [0, 0.1) is 0 Å². The fraction of sp³-hybridized carbons (Fsp3) is 0.250. The van der Waals surface area contributed by atoms with E-state index in [-0.39, 0.29) is 11.8 Å². The van der Waals surface area contributed by atoms with Crippen molar-refractivity contribution in [3.63, 3.8) is 0 Å². The van der Waals surface area contributed by atoms with Crippen LogP contribution in [0.4, 0.5) is 0 Å². The van der Waals surface area contributed by atoms with Gasteiger partial charge in [0.1, 0.15) is 12.4 Å². The summed E-state index contributed by atoms with van der Waals surface area (Å²) in [5.41, 5.74) is 9.18. The fourth-order valence-electron chi connectivity index (χ4n) is 3.04. The molecule has 1 heterocycles. The van der Waals surface area contributed by atoms with Gasteiger partial charge in [-0.15, -0.1) is 0 Å². The maximum Gasteiger partial charge on any atom is 0.171 e. The summed E-state index contributed by atoms with van der Waals surface area (Å²) in [6.07, 6.45) is 2.06. The van der Waals surface area contributed by atoms with Crippen LogP contribution < -0.4 is 15.8 Å². The Balaban J connectivity index is 1.69. The first-order valence-corrected chi connectivity index (χ1v) is 8.60. The molecule has 0 aliphatic carbocycles. The number of fused-ring (bicyclic) bond motifs is 1. The van der Waals surface area contributed by atoms with Gasteiger partial charge in [-0.25, -0.2) is 0 Å². The number of hydrogen-bond acceptors (Lipinski definition) is 4. The number of halogens is 1. The quantitative estimate of drug-likeness (QED) is 0.748. The summed E-state index contributed by atoms with van der Waals surface area (Å²) in [7, 11) is 0. The van der Waals surface area contributed by atoms with E-state index in [2.05, 4.69) is 11.9 Å². The van der Waals surface area contributed by atoms with Crippen LogP contribution >= 0.6 is 11.6 Å². The van der Waals surface area contributed by atoms with Gasteiger partial charge in [-0.3, -0.25) is 10.1 Å². The zero-order valence-electron chi connectivity index (χ0n) is 13.9. The summed E-state index contributed by atoms with van der Waals surface area (Å²) in [6.45, 7) is 4.72. The average molecular weight is 357 g/mol. The van der Waals surface area contributed by atoms with Gasteiger partial charge in [0, 0.05) is 11.6 Å². The Morgan fingerprint density at radius 3 is 2.96 bits per heavy atom. The molecule has 0 radical (unpaired) electrons. The fourth-order valence-corrected chi connectivity index (χ4v) is 3.29. The first-order chi connectivity index (χ1) is 12.1. The van der Waals surface area contributed by atoms with Crippen LogP contribution in [0.1, 0.15) is 22.7 Å². The predicted molar refractivity (Wildman–Crippen MR) is 99.9 cm³/mol. The lowest BCUT2D eigenvalue weighted by Gasteiger charge is -2.18. The Hall–Kier alpha value is -2.14. The van der Waals surface area contributed by atoms with Crippen molar-refractivity contribution in [1.82, 2.24) is 5.32 Å². The molecule has 130 valence electrons.